The van der Waals surface area contributed by atoms with Crippen LogP contribution in [0.2, 0.25) is 0 Å². The van der Waals surface area contributed by atoms with Crippen LogP contribution in [0.3, 0.4) is 0 Å². The quantitative estimate of drug-likeness (QED) is 0.627. The van der Waals surface area contributed by atoms with Gasteiger partial charge in [0, 0.05) is 12.1 Å². The maximum atomic E-state index is 9.62. The van der Waals surface area contributed by atoms with Crippen molar-refractivity contribution >= 4 is 0 Å². The van der Waals surface area contributed by atoms with E-state index in [0.717, 1.165) is 12.8 Å². The van der Waals surface area contributed by atoms with Crippen LogP contribution in [0.15, 0.2) is 12.7 Å². The summed E-state index contributed by atoms with van der Waals surface area (Å²) in [6.07, 6.45) is 6.17. The van der Waals surface area contributed by atoms with Crippen LogP contribution in [0.25, 0.3) is 0 Å². The Morgan fingerprint density at radius 3 is 2.75 bits per heavy atom. The van der Waals surface area contributed by atoms with Crippen LogP contribution in [0.4, 0.5) is 0 Å². The molecule has 2 heteroatoms. The lowest BCUT2D eigenvalue weighted by molar-refractivity contribution is 0.0886. The minimum absolute atomic E-state index is 0.152. The Labute approximate surface area is 74.7 Å². The van der Waals surface area contributed by atoms with Crippen LogP contribution in [0.1, 0.15) is 32.6 Å². The average Bonchev–Trinajstić information content (AvgIpc) is 2.09. The summed E-state index contributed by atoms with van der Waals surface area (Å²) in [6.45, 7) is 5.77. The molecule has 0 aromatic heterocycles. The second-order valence-electron chi connectivity index (χ2n) is 3.65. The van der Waals surface area contributed by atoms with Gasteiger partial charge in [0.25, 0.3) is 0 Å². The third-order valence-corrected chi connectivity index (χ3v) is 2.56. The lowest BCUT2D eigenvalue weighted by Gasteiger charge is -2.30. The summed E-state index contributed by atoms with van der Waals surface area (Å²) in [5, 5.41) is 13.0. The van der Waals surface area contributed by atoms with Crippen LogP contribution in [-0.4, -0.2) is 23.3 Å². The monoisotopic (exact) mass is 169 g/mol. The molecule has 12 heavy (non-hydrogen) atoms. The van der Waals surface area contributed by atoms with Crippen molar-refractivity contribution in [3.8, 4) is 0 Å². The lowest BCUT2D eigenvalue weighted by Crippen LogP contribution is -2.45. The summed E-state index contributed by atoms with van der Waals surface area (Å²) < 4.78 is 0. The van der Waals surface area contributed by atoms with Crippen LogP contribution >= 0.6 is 0 Å². The van der Waals surface area contributed by atoms with Crippen LogP contribution in [0, 0.1) is 0 Å². The van der Waals surface area contributed by atoms with E-state index in [1.165, 1.54) is 12.8 Å². The minimum atomic E-state index is -0.152. The van der Waals surface area contributed by atoms with Gasteiger partial charge in [0.05, 0.1) is 6.10 Å². The molecule has 1 unspecified atom stereocenters. The average molecular weight is 169 g/mol. The molecular formula is C10H19NO. The topological polar surface area (TPSA) is 32.3 Å². The Kier molecular flexibility index (Phi) is 3.76. The Balaban J connectivity index is 2.33. The van der Waals surface area contributed by atoms with Gasteiger partial charge in [0.15, 0.2) is 0 Å². The summed E-state index contributed by atoms with van der Waals surface area (Å²) in [6, 6.07) is 0.592. The number of rotatable bonds is 3. The molecule has 0 amide bonds. The van der Waals surface area contributed by atoms with E-state index in [2.05, 4.69) is 18.8 Å². The fraction of sp³-hybridized carbons (Fsp3) is 0.800. The van der Waals surface area contributed by atoms with Gasteiger partial charge in [0.2, 0.25) is 0 Å². The van der Waals surface area contributed by atoms with Gasteiger partial charge < -0.3 is 10.4 Å². The van der Waals surface area contributed by atoms with E-state index in [4.69, 9.17) is 0 Å². The van der Waals surface area contributed by atoms with E-state index in [1.54, 1.807) is 0 Å². The third-order valence-electron chi connectivity index (χ3n) is 2.56. The van der Waals surface area contributed by atoms with Gasteiger partial charge in [-0.3, -0.25) is 0 Å². The Morgan fingerprint density at radius 1 is 1.50 bits per heavy atom. The van der Waals surface area contributed by atoms with E-state index in [0.29, 0.717) is 6.04 Å². The van der Waals surface area contributed by atoms with Gasteiger partial charge in [0.1, 0.15) is 0 Å². The number of hydrogen-bond donors (Lipinski definition) is 2. The summed E-state index contributed by atoms with van der Waals surface area (Å²) in [4.78, 5) is 0. The Hall–Kier alpha value is -0.340. The summed E-state index contributed by atoms with van der Waals surface area (Å²) in [7, 11) is 0. The molecule has 0 aliphatic heterocycles. The number of aliphatic hydroxyl groups is 1. The summed E-state index contributed by atoms with van der Waals surface area (Å²) in [5.41, 5.74) is 0. The van der Waals surface area contributed by atoms with E-state index in [1.807, 2.05) is 6.08 Å². The maximum absolute atomic E-state index is 9.62. The van der Waals surface area contributed by atoms with Gasteiger partial charge in [-0.1, -0.05) is 18.9 Å². The molecular weight excluding hydrogens is 150 g/mol. The first kappa shape index (κ1) is 9.75. The molecule has 0 radical (unpaired) electrons. The van der Waals surface area contributed by atoms with Crippen LogP contribution < -0.4 is 5.32 Å². The zero-order valence-electron chi connectivity index (χ0n) is 7.79. The van der Waals surface area contributed by atoms with Crippen molar-refractivity contribution < 1.29 is 5.11 Å². The highest BCUT2D eigenvalue weighted by molar-refractivity contribution is 4.88. The van der Waals surface area contributed by atoms with Crippen molar-refractivity contribution in [3.05, 3.63) is 12.7 Å². The highest BCUT2D eigenvalue weighted by Crippen LogP contribution is 2.18. The molecule has 2 nitrogen and oxygen atoms in total. The molecule has 1 saturated carbocycles. The van der Waals surface area contributed by atoms with Crippen molar-refractivity contribution in [2.75, 3.05) is 0 Å². The minimum Gasteiger partial charge on any atom is -0.392 e. The molecule has 0 saturated heterocycles. The lowest BCUT2D eigenvalue weighted by atomic mass is 9.92. The van der Waals surface area contributed by atoms with Gasteiger partial charge >= 0.3 is 0 Å². The summed E-state index contributed by atoms with van der Waals surface area (Å²) in [5.74, 6) is 0. The van der Waals surface area contributed by atoms with Crippen molar-refractivity contribution in [1.29, 1.82) is 0 Å². The zero-order valence-corrected chi connectivity index (χ0v) is 7.79. The van der Waals surface area contributed by atoms with Gasteiger partial charge in [-0.05, 0) is 19.8 Å². The van der Waals surface area contributed by atoms with Gasteiger partial charge in [-0.2, -0.15) is 0 Å². The smallest absolute Gasteiger partial charge is 0.0693 e. The van der Waals surface area contributed by atoms with Crippen molar-refractivity contribution in [2.45, 2.75) is 50.8 Å². The zero-order chi connectivity index (χ0) is 8.97. The number of hydrogen-bond acceptors (Lipinski definition) is 2. The predicted octanol–water partition coefficient (Wildman–Crippen LogP) is 1.45. The van der Waals surface area contributed by atoms with Crippen molar-refractivity contribution in [1.82, 2.24) is 5.32 Å². The largest absolute Gasteiger partial charge is 0.392 e. The molecule has 2 N–H and O–H groups in total. The molecule has 70 valence electrons. The molecule has 0 spiro atoms. The molecule has 0 aromatic carbocycles. The molecule has 0 heterocycles. The van der Waals surface area contributed by atoms with E-state index >= 15 is 0 Å². The standard InChI is InChI=1S/C10H19NO/c1-3-8(2)11-9-6-4-5-7-10(9)12/h3,8-12H,1,4-7H2,2H3/t8?,9-,10-/m1/s1. The molecule has 1 rings (SSSR count). The first-order valence-electron chi connectivity index (χ1n) is 4.80. The van der Waals surface area contributed by atoms with E-state index < -0.39 is 0 Å². The second-order valence-corrected chi connectivity index (χ2v) is 3.65. The van der Waals surface area contributed by atoms with Crippen LogP contribution in [-0.2, 0) is 0 Å². The van der Waals surface area contributed by atoms with Gasteiger partial charge in [-0.25, -0.2) is 0 Å². The second kappa shape index (κ2) is 4.63. The molecule has 1 fully saturated rings. The number of aliphatic hydroxyl groups excluding tert-OH is 1. The fourth-order valence-electron chi connectivity index (χ4n) is 1.71. The summed E-state index contributed by atoms with van der Waals surface area (Å²) >= 11 is 0. The molecule has 3 atom stereocenters. The fourth-order valence-corrected chi connectivity index (χ4v) is 1.71. The van der Waals surface area contributed by atoms with E-state index in [9.17, 15) is 5.11 Å². The SMILES string of the molecule is C=CC(C)N[C@@H]1CCCC[C@H]1O. The first-order chi connectivity index (χ1) is 5.74. The maximum Gasteiger partial charge on any atom is 0.0693 e. The van der Waals surface area contributed by atoms with Gasteiger partial charge in [-0.15, -0.1) is 6.58 Å². The molecule has 1 aliphatic carbocycles. The van der Waals surface area contributed by atoms with Crippen LogP contribution in [0.5, 0.6) is 0 Å². The van der Waals surface area contributed by atoms with Crippen molar-refractivity contribution in [2.24, 2.45) is 0 Å². The first-order valence-corrected chi connectivity index (χ1v) is 4.80. The molecule has 0 bridgehead atoms. The number of nitrogens with one attached hydrogen (secondary N) is 1. The van der Waals surface area contributed by atoms with Crippen molar-refractivity contribution in [3.63, 3.8) is 0 Å². The highest BCUT2D eigenvalue weighted by atomic mass is 16.3. The molecule has 1 aliphatic rings. The highest BCUT2D eigenvalue weighted by Gasteiger charge is 2.22. The normalized spacial score (nSPS) is 32.8. The Morgan fingerprint density at radius 2 is 2.17 bits per heavy atom. The van der Waals surface area contributed by atoms with E-state index in [-0.39, 0.29) is 12.1 Å². The molecule has 0 aromatic rings. The predicted molar refractivity (Wildman–Crippen MR) is 51.1 cm³/mol. The third kappa shape index (κ3) is 2.61. The Bertz CT molecular complexity index is 147.